The fourth-order valence-electron chi connectivity index (χ4n) is 3.28. The average Bonchev–Trinajstić information content (AvgIpc) is 3.25. The van der Waals surface area contributed by atoms with Crippen molar-refractivity contribution in [1.82, 2.24) is 19.7 Å². The van der Waals surface area contributed by atoms with E-state index in [4.69, 9.17) is 0 Å². The van der Waals surface area contributed by atoms with Gasteiger partial charge in [-0.05, 0) is 48.9 Å². The second-order valence-corrected chi connectivity index (χ2v) is 9.68. The summed E-state index contributed by atoms with van der Waals surface area (Å²) in [6, 6.07) is 10.9. The molecule has 1 amide bonds. The molecule has 2 heterocycles. The number of carbonyl (C=O) groups excluding carboxylic acids is 1. The van der Waals surface area contributed by atoms with E-state index >= 15 is 0 Å². The van der Waals surface area contributed by atoms with Crippen LogP contribution in [0.4, 0.5) is 4.39 Å². The van der Waals surface area contributed by atoms with E-state index in [0.717, 1.165) is 35.8 Å². The maximum atomic E-state index is 13.4. The first-order valence-corrected chi connectivity index (χ1v) is 11.4. The van der Waals surface area contributed by atoms with Crippen LogP contribution in [0.15, 0.2) is 46.9 Å². The van der Waals surface area contributed by atoms with Crippen LogP contribution in [0, 0.1) is 5.82 Å². The highest BCUT2D eigenvalue weighted by Crippen LogP contribution is 2.40. The molecule has 5 nitrogen and oxygen atoms in total. The molecule has 29 heavy (non-hydrogen) atoms. The van der Waals surface area contributed by atoms with Crippen molar-refractivity contribution < 1.29 is 9.18 Å². The number of hydrogen-bond acceptors (Lipinski definition) is 5. The number of carbonyl (C=O) groups is 1. The third kappa shape index (κ3) is 4.87. The smallest absolute Gasteiger partial charge is 0.235 e. The van der Waals surface area contributed by atoms with E-state index in [1.54, 1.807) is 29.4 Å². The number of halogens is 1. The van der Waals surface area contributed by atoms with Gasteiger partial charge >= 0.3 is 0 Å². The van der Waals surface area contributed by atoms with Crippen LogP contribution >= 0.6 is 23.1 Å². The van der Waals surface area contributed by atoms with Crippen LogP contribution < -0.4 is 0 Å². The summed E-state index contributed by atoms with van der Waals surface area (Å²) in [6.45, 7) is 2.26. The van der Waals surface area contributed by atoms with Crippen molar-refractivity contribution in [3.8, 4) is 0 Å². The van der Waals surface area contributed by atoms with E-state index in [2.05, 4.69) is 26.2 Å². The second kappa shape index (κ2) is 8.67. The molecule has 4 rings (SSSR count). The van der Waals surface area contributed by atoms with Gasteiger partial charge in [0.25, 0.3) is 0 Å². The monoisotopic (exact) mass is 430 g/mol. The van der Waals surface area contributed by atoms with Crippen LogP contribution in [0.25, 0.3) is 0 Å². The van der Waals surface area contributed by atoms with Crippen molar-refractivity contribution in [2.75, 3.05) is 7.05 Å². The van der Waals surface area contributed by atoms with Gasteiger partial charge in [0.2, 0.25) is 5.91 Å². The van der Waals surface area contributed by atoms with Crippen molar-refractivity contribution in [3.05, 3.63) is 63.9 Å². The number of thiophene rings is 1. The minimum Gasteiger partial charge on any atom is -0.340 e. The summed E-state index contributed by atoms with van der Waals surface area (Å²) in [6.07, 6.45) is 3.03. The van der Waals surface area contributed by atoms with E-state index in [-0.39, 0.29) is 17.0 Å². The number of thioether (sulfide) groups is 1. The van der Waals surface area contributed by atoms with E-state index in [1.807, 2.05) is 19.1 Å². The number of aromatic nitrogens is 3. The van der Waals surface area contributed by atoms with Crippen molar-refractivity contribution in [2.24, 2.45) is 0 Å². The number of nitrogens with zero attached hydrogens (tertiary/aromatic N) is 4. The van der Waals surface area contributed by atoms with E-state index in [0.29, 0.717) is 12.6 Å². The highest BCUT2D eigenvalue weighted by atomic mass is 32.2. The number of amides is 1. The Labute approximate surface area is 178 Å². The summed E-state index contributed by atoms with van der Waals surface area (Å²) in [5.74, 6) is 0.663. The molecular formula is C21H23FN4OS2. The lowest BCUT2D eigenvalue weighted by molar-refractivity contribution is -0.129. The Bertz CT molecular complexity index is 984. The molecule has 1 aliphatic rings. The molecule has 152 valence electrons. The van der Waals surface area contributed by atoms with Crippen LogP contribution in [-0.4, -0.2) is 37.9 Å². The summed E-state index contributed by atoms with van der Waals surface area (Å²) in [7, 11) is 1.75. The quantitative estimate of drug-likeness (QED) is 0.492. The van der Waals surface area contributed by atoms with Crippen LogP contribution in [0.2, 0.25) is 0 Å². The van der Waals surface area contributed by atoms with Gasteiger partial charge in [0, 0.05) is 30.9 Å². The summed E-state index contributed by atoms with van der Waals surface area (Å²) in [4.78, 5) is 15.7. The Morgan fingerprint density at radius 1 is 1.34 bits per heavy atom. The highest BCUT2D eigenvalue weighted by molar-refractivity contribution is 8.00. The largest absolute Gasteiger partial charge is 0.340 e. The predicted octanol–water partition coefficient (Wildman–Crippen LogP) is 4.54. The SMILES string of the molecule is CC(Sc1nnc(Cc2cccs2)n1C1CC1)C(=O)N(C)Cc1cccc(F)c1. The molecule has 0 spiro atoms. The Morgan fingerprint density at radius 2 is 2.17 bits per heavy atom. The van der Waals surface area contributed by atoms with Gasteiger partial charge < -0.3 is 9.47 Å². The van der Waals surface area contributed by atoms with Gasteiger partial charge in [-0.1, -0.05) is 30.0 Å². The Morgan fingerprint density at radius 3 is 2.86 bits per heavy atom. The van der Waals surface area contributed by atoms with Gasteiger partial charge in [0.05, 0.1) is 5.25 Å². The van der Waals surface area contributed by atoms with Gasteiger partial charge in [-0.3, -0.25) is 4.79 Å². The molecule has 1 saturated carbocycles. The average molecular weight is 431 g/mol. The molecule has 1 atom stereocenters. The number of rotatable bonds is 8. The molecule has 1 aromatic carbocycles. The summed E-state index contributed by atoms with van der Waals surface area (Å²) >= 11 is 3.17. The number of benzene rings is 1. The maximum Gasteiger partial charge on any atom is 0.235 e. The normalized spacial score (nSPS) is 14.7. The van der Waals surface area contributed by atoms with Gasteiger partial charge in [-0.15, -0.1) is 21.5 Å². The zero-order valence-corrected chi connectivity index (χ0v) is 18.0. The lowest BCUT2D eigenvalue weighted by atomic mass is 10.2. The van der Waals surface area contributed by atoms with E-state index in [9.17, 15) is 9.18 Å². The van der Waals surface area contributed by atoms with E-state index < -0.39 is 0 Å². The molecule has 1 unspecified atom stereocenters. The predicted molar refractivity (Wildman–Crippen MR) is 114 cm³/mol. The van der Waals surface area contributed by atoms with Gasteiger partial charge in [0.15, 0.2) is 5.16 Å². The van der Waals surface area contributed by atoms with Crippen molar-refractivity contribution in [1.29, 1.82) is 0 Å². The van der Waals surface area contributed by atoms with Gasteiger partial charge in [-0.25, -0.2) is 4.39 Å². The van der Waals surface area contributed by atoms with Crippen molar-refractivity contribution >= 4 is 29.0 Å². The topological polar surface area (TPSA) is 51.0 Å². The molecule has 1 fully saturated rings. The lowest BCUT2D eigenvalue weighted by Crippen LogP contribution is -2.33. The van der Waals surface area contributed by atoms with Crippen molar-refractivity contribution in [3.63, 3.8) is 0 Å². The first-order valence-electron chi connectivity index (χ1n) is 9.63. The fraction of sp³-hybridized carbons (Fsp3) is 0.381. The molecule has 0 N–H and O–H groups in total. The third-order valence-electron chi connectivity index (χ3n) is 4.87. The molecule has 0 radical (unpaired) electrons. The molecule has 0 aliphatic heterocycles. The first-order chi connectivity index (χ1) is 14.0. The standard InChI is InChI=1S/C21H23FN4OS2/c1-14(20(27)25(2)13-15-5-3-6-16(22)11-15)29-21-24-23-19(26(21)17-8-9-17)12-18-7-4-10-28-18/h3-7,10-11,14,17H,8-9,12-13H2,1-2H3. The third-order valence-corrected chi connectivity index (χ3v) is 6.80. The highest BCUT2D eigenvalue weighted by Gasteiger charge is 2.31. The zero-order valence-electron chi connectivity index (χ0n) is 16.4. The molecule has 2 aromatic heterocycles. The maximum absolute atomic E-state index is 13.4. The number of hydrogen-bond donors (Lipinski definition) is 0. The second-order valence-electron chi connectivity index (χ2n) is 7.34. The Kier molecular flexibility index (Phi) is 6.01. The molecule has 0 bridgehead atoms. The molecular weight excluding hydrogens is 407 g/mol. The Hall–Kier alpha value is -2.19. The van der Waals surface area contributed by atoms with E-state index in [1.165, 1.54) is 28.8 Å². The summed E-state index contributed by atoms with van der Waals surface area (Å²) in [5.41, 5.74) is 0.775. The Balaban J connectivity index is 1.44. The summed E-state index contributed by atoms with van der Waals surface area (Å²) in [5, 5.41) is 11.4. The van der Waals surface area contributed by atoms with Crippen molar-refractivity contribution in [2.45, 2.75) is 49.2 Å². The lowest BCUT2D eigenvalue weighted by Gasteiger charge is -2.21. The fourth-order valence-corrected chi connectivity index (χ4v) is 5.04. The van der Waals surface area contributed by atoms with Crippen LogP contribution in [0.1, 0.15) is 42.1 Å². The summed E-state index contributed by atoms with van der Waals surface area (Å²) < 4.78 is 15.6. The minimum absolute atomic E-state index is 0.00980. The zero-order chi connectivity index (χ0) is 20.4. The van der Waals surface area contributed by atoms with Crippen LogP contribution in [0.5, 0.6) is 0 Å². The minimum atomic E-state index is -0.301. The van der Waals surface area contributed by atoms with Gasteiger partial charge in [-0.2, -0.15) is 0 Å². The molecule has 1 aliphatic carbocycles. The van der Waals surface area contributed by atoms with Gasteiger partial charge in [0.1, 0.15) is 11.6 Å². The molecule has 8 heteroatoms. The van der Waals surface area contributed by atoms with Crippen LogP contribution in [0.3, 0.4) is 0 Å². The molecule has 3 aromatic rings. The molecule has 0 saturated heterocycles. The first kappa shape index (κ1) is 20.1. The van der Waals surface area contributed by atoms with Crippen LogP contribution in [-0.2, 0) is 17.8 Å².